The molecule has 1 saturated carbocycles. The molecular weight excluding hydrogens is 220 g/mol. The zero-order valence-corrected chi connectivity index (χ0v) is 11.7. The van der Waals surface area contributed by atoms with Gasteiger partial charge in [0.05, 0.1) is 0 Å². The number of carbonyl (C=O) groups is 1. The molecule has 0 aromatic carbocycles. The molecular formula is C17H26O. The maximum absolute atomic E-state index is 11.2. The minimum Gasteiger partial charge on any atom is -0.295 e. The quantitative estimate of drug-likeness (QED) is 0.603. The maximum Gasteiger partial charge on any atom is 0.155 e. The third-order valence-electron chi connectivity index (χ3n) is 3.66. The Bertz CT molecular complexity index is 323. The van der Waals surface area contributed by atoms with Gasteiger partial charge in [0.2, 0.25) is 0 Å². The van der Waals surface area contributed by atoms with E-state index >= 15 is 0 Å². The average Bonchev–Trinajstić information content (AvgIpc) is 2.42. The van der Waals surface area contributed by atoms with Crippen molar-refractivity contribution in [3.8, 4) is 0 Å². The van der Waals surface area contributed by atoms with Gasteiger partial charge in [-0.15, -0.1) is 26.3 Å². The fraction of sp³-hybridized carbons (Fsp3) is 0.471. The van der Waals surface area contributed by atoms with Crippen molar-refractivity contribution in [2.24, 2.45) is 11.8 Å². The summed E-state index contributed by atoms with van der Waals surface area (Å²) in [6.45, 7) is 18.2. The Morgan fingerprint density at radius 1 is 1.17 bits per heavy atom. The van der Waals surface area contributed by atoms with E-state index in [1.54, 1.807) is 0 Å². The fourth-order valence-electron chi connectivity index (χ4n) is 2.69. The zero-order valence-electron chi connectivity index (χ0n) is 11.7. The Labute approximate surface area is 112 Å². The normalized spacial score (nSPS) is 25.4. The van der Waals surface area contributed by atoms with Gasteiger partial charge in [0.25, 0.3) is 0 Å². The highest BCUT2D eigenvalue weighted by Gasteiger charge is 2.29. The first-order valence-corrected chi connectivity index (χ1v) is 6.55. The Morgan fingerprint density at radius 3 is 2.33 bits per heavy atom. The highest BCUT2D eigenvalue weighted by atomic mass is 16.1. The van der Waals surface area contributed by atoms with Crippen LogP contribution in [0.25, 0.3) is 0 Å². The molecule has 0 N–H and O–H groups in total. The van der Waals surface area contributed by atoms with Gasteiger partial charge >= 0.3 is 0 Å². The molecule has 1 fully saturated rings. The van der Waals surface area contributed by atoms with Crippen molar-refractivity contribution in [2.75, 3.05) is 0 Å². The summed E-state index contributed by atoms with van der Waals surface area (Å²) in [7, 11) is 0. The number of ketones is 1. The second-order valence-corrected chi connectivity index (χ2v) is 4.74. The standard InChI is InChI=1S/C13H18O.2C2H4/c1-9(2)10-3-4-12-8-13(14)6-5-11(12)7-10;2*1-2/h8,10-11H,1,3-7H2,2H3;2*1-2H2/t10-,11?;;/m1../s1. The Hall–Kier alpha value is -1.37. The first-order chi connectivity index (χ1) is 8.66. The van der Waals surface area contributed by atoms with E-state index in [1.165, 1.54) is 24.0 Å². The number of allylic oxidation sites excluding steroid dienone is 3. The van der Waals surface area contributed by atoms with Crippen molar-refractivity contribution in [2.45, 2.75) is 39.0 Å². The maximum atomic E-state index is 11.2. The van der Waals surface area contributed by atoms with Crippen molar-refractivity contribution in [3.63, 3.8) is 0 Å². The minimum atomic E-state index is 0.338. The lowest BCUT2D eigenvalue weighted by Crippen LogP contribution is -2.23. The molecule has 1 nitrogen and oxygen atoms in total. The lowest BCUT2D eigenvalue weighted by molar-refractivity contribution is -0.115. The topological polar surface area (TPSA) is 17.1 Å². The summed E-state index contributed by atoms with van der Waals surface area (Å²) in [5, 5.41) is 0. The van der Waals surface area contributed by atoms with Gasteiger partial charge in [-0.1, -0.05) is 17.7 Å². The lowest BCUT2D eigenvalue weighted by Gasteiger charge is -2.33. The molecule has 0 radical (unpaired) electrons. The van der Waals surface area contributed by atoms with E-state index in [2.05, 4.69) is 39.8 Å². The first kappa shape index (κ1) is 16.6. The molecule has 2 rings (SSSR count). The predicted octanol–water partition coefficient (Wildman–Crippen LogP) is 4.87. The number of rotatable bonds is 1. The molecule has 1 heteroatoms. The summed E-state index contributed by atoms with van der Waals surface area (Å²) in [5.74, 6) is 1.72. The summed E-state index contributed by atoms with van der Waals surface area (Å²) in [6.07, 6.45) is 7.29. The Balaban J connectivity index is 0.000000659. The molecule has 1 unspecified atom stereocenters. The van der Waals surface area contributed by atoms with Gasteiger partial charge in [-0.2, -0.15) is 0 Å². The van der Waals surface area contributed by atoms with Crippen LogP contribution in [0.1, 0.15) is 39.0 Å². The summed E-state index contributed by atoms with van der Waals surface area (Å²) in [6, 6.07) is 0. The van der Waals surface area contributed by atoms with Crippen LogP contribution in [0.5, 0.6) is 0 Å². The van der Waals surface area contributed by atoms with E-state index in [0.717, 1.165) is 19.3 Å². The zero-order chi connectivity index (χ0) is 14.1. The SMILES string of the molecule is C=C.C=C.C=C(C)[C@@H]1CCC2=CC(=O)CCC2C1. The molecule has 0 amide bonds. The van der Waals surface area contributed by atoms with Gasteiger partial charge in [-0.05, 0) is 50.5 Å². The second-order valence-electron chi connectivity index (χ2n) is 4.74. The molecule has 0 aromatic rings. The monoisotopic (exact) mass is 246 g/mol. The van der Waals surface area contributed by atoms with Crippen LogP contribution >= 0.6 is 0 Å². The van der Waals surface area contributed by atoms with E-state index < -0.39 is 0 Å². The van der Waals surface area contributed by atoms with E-state index in [9.17, 15) is 4.79 Å². The summed E-state index contributed by atoms with van der Waals surface area (Å²) >= 11 is 0. The smallest absolute Gasteiger partial charge is 0.155 e. The molecule has 0 bridgehead atoms. The van der Waals surface area contributed by atoms with E-state index in [1.807, 2.05) is 6.08 Å². The molecule has 2 aliphatic carbocycles. The third kappa shape index (κ3) is 4.48. The second kappa shape index (κ2) is 8.68. The van der Waals surface area contributed by atoms with E-state index in [4.69, 9.17) is 0 Å². The van der Waals surface area contributed by atoms with Gasteiger partial charge in [0.1, 0.15) is 0 Å². The largest absolute Gasteiger partial charge is 0.295 e. The average molecular weight is 246 g/mol. The van der Waals surface area contributed by atoms with Crippen LogP contribution in [0.2, 0.25) is 0 Å². The van der Waals surface area contributed by atoms with Crippen LogP contribution in [0.4, 0.5) is 0 Å². The molecule has 2 aliphatic rings. The molecule has 0 spiro atoms. The molecule has 0 heterocycles. The van der Waals surface area contributed by atoms with Gasteiger partial charge in [-0.3, -0.25) is 4.79 Å². The molecule has 0 aliphatic heterocycles. The van der Waals surface area contributed by atoms with Crippen LogP contribution in [0, 0.1) is 11.8 Å². The Kier molecular flexibility index (Phi) is 8.02. The van der Waals surface area contributed by atoms with Crippen molar-refractivity contribution < 1.29 is 4.79 Å². The summed E-state index contributed by atoms with van der Waals surface area (Å²) in [5.41, 5.74) is 2.74. The molecule has 2 atom stereocenters. The first-order valence-electron chi connectivity index (χ1n) is 6.55. The van der Waals surface area contributed by atoms with E-state index in [0.29, 0.717) is 17.6 Å². The van der Waals surface area contributed by atoms with Crippen LogP contribution in [0.15, 0.2) is 50.1 Å². The molecule has 18 heavy (non-hydrogen) atoms. The van der Waals surface area contributed by atoms with Crippen LogP contribution in [-0.4, -0.2) is 5.78 Å². The number of carbonyl (C=O) groups excluding carboxylic acids is 1. The van der Waals surface area contributed by atoms with Crippen molar-refractivity contribution in [3.05, 3.63) is 50.1 Å². The molecule has 100 valence electrons. The van der Waals surface area contributed by atoms with Crippen LogP contribution < -0.4 is 0 Å². The highest BCUT2D eigenvalue weighted by molar-refractivity contribution is 5.91. The summed E-state index contributed by atoms with van der Waals surface area (Å²) < 4.78 is 0. The minimum absolute atomic E-state index is 0.338. The molecule has 0 saturated heterocycles. The third-order valence-corrected chi connectivity index (χ3v) is 3.66. The van der Waals surface area contributed by atoms with Crippen molar-refractivity contribution >= 4 is 5.78 Å². The van der Waals surface area contributed by atoms with Gasteiger partial charge in [0, 0.05) is 6.42 Å². The van der Waals surface area contributed by atoms with E-state index in [-0.39, 0.29) is 0 Å². The van der Waals surface area contributed by atoms with Gasteiger partial charge < -0.3 is 0 Å². The van der Waals surface area contributed by atoms with Crippen molar-refractivity contribution in [1.82, 2.24) is 0 Å². The van der Waals surface area contributed by atoms with Gasteiger partial charge in [-0.25, -0.2) is 0 Å². The Morgan fingerprint density at radius 2 is 1.78 bits per heavy atom. The fourth-order valence-corrected chi connectivity index (χ4v) is 2.69. The van der Waals surface area contributed by atoms with Crippen molar-refractivity contribution in [1.29, 1.82) is 0 Å². The van der Waals surface area contributed by atoms with Crippen LogP contribution in [0.3, 0.4) is 0 Å². The van der Waals surface area contributed by atoms with Crippen LogP contribution in [-0.2, 0) is 4.79 Å². The number of fused-ring (bicyclic) bond motifs is 1. The number of hydrogen-bond acceptors (Lipinski definition) is 1. The lowest BCUT2D eigenvalue weighted by atomic mass is 9.71. The van der Waals surface area contributed by atoms with Gasteiger partial charge in [0.15, 0.2) is 5.78 Å². The predicted molar refractivity (Wildman–Crippen MR) is 80.5 cm³/mol. The summed E-state index contributed by atoms with van der Waals surface area (Å²) in [4.78, 5) is 11.2. The molecule has 0 aromatic heterocycles. The highest BCUT2D eigenvalue weighted by Crippen LogP contribution is 2.40. The number of hydrogen-bond donors (Lipinski definition) is 0.